The topological polar surface area (TPSA) is 85.8 Å². The van der Waals surface area contributed by atoms with Gasteiger partial charge in [-0.05, 0) is 53.9 Å². The van der Waals surface area contributed by atoms with E-state index < -0.39 is 0 Å². The first-order valence-electron chi connectivity index (χ1n) is 10.1. The first-order valence-corrected chi connectivity index (χ1v) is 10.1. The molecule has 0 fully saturated rings. The van der Waals surface area contributed by atoms with Crippen molar-refractivity contribution in [3.05, 3.63) is 64.0 Å². The fourth-order valence-electron chi connectivity index (χ4n) is 3.43. The average molecular weight is 403 g/mol. The number of fused-ring (bicyclic) bond motifs is 1. The minimum absolute atomic E-state index is 0.0438. The highest BCUT2D eigenvalue weighted by Crippen LogP contribution is 2.28. The fraction of sp³-hybridized carbons (Fsp3) is 0.304. The van der Waals surface area contributed by atoms with E-state index in [9.17, 15) is 4.79 Å². The van der Waals surface area contributed by atoms with Gasteiger partial charge < -0.3 is 14.4 Å². The van der Waals surface area contributed by atoms with Crippen LogP contribution in [0.4, 0.5) is 11.6 Å². The zero-order valence-corrected chi connectivity index (χ0v) is 17.9. The Bertz CT molecular complexity index is 1290. The van der Waals surface area contributed by atoms with Gasteiger partial charge in [0.2, 0.25) is 5.89 Å². The smallest absolute Gasteiger partial charge is 0.267 e. The quantitative estimate of drug-likeness (QED) is 0.519. The van der Waals surface area contributed by atoms with E-state index in [4.69, 9.17) is 4.52 Å². The van der Waals surface area contributed by atoms with Crippen LogP contribution in [0.15, 0.2) is 45.8 Å². The number of anilines is 2. The van der Waals surface area contributed by atoms with Crippen LogP contribution in [0.3, 0.4) is 0 Å². The number of rotatable bonds is 5. The molecule has 7 heteroatoms. The van der Waals surface area contributed by atoms with E-state index in [2.05, 4.69) is 27.4 Å². The number of nitrogens with zero attached hydrogens (tertiary/aromatic N) is 4. The molecule has 0 radical (unpaired) electrons. The molecule has 0 saturated heterocycles. The van der Waals surface area contributed by atoms with Gasteiger partial charge in [-0.1, -0.05) is 26.8 Å². The minimum Gasteiger partial charge on any atom is -0.337 e. The largest absolute Gasteiger partial charge is 0.337 e. The van der Waals surface area contributed by atoms with Crippen molar-refractivity contribution in [1.82, 2.24) is 19.7 Å². The predicted octanol–water partition coefficient (Wildman–Crippen LogP) is 4.72. The molecular formula is C23H25N5O2. The highest BCUT2D eigenvalue weighted by atomic mass is 16.5. The number of nitrogens with one attached hydrogen (secondary N) is 1. The Kier molecular flexibility index (Phi) is 5.11. The molecule has 0 amide bonds. The van der Waals surface area contributed by atoms with Gasteiger partial charge in [0.15, 0.2) is 0 Å². The first kappa shape index (κ1) is 19.8. The summed E-state index contributed by atoms with van der Waals surface area (Å²) in [6, 6.07) is 9.75. The van der Waals surface area contributed by atoms with Crippen molar-refractivity contribution < 1.29 is 4.52 Å². The van der Waals surface area contributed by atoms with E-state index in [1.54, 1.807) is 11.6 Å². The lowest BCUT2D eigenvalue weighted by Crippen LogP contribution is -2.19. The van der Waals surface area contributed by atoms with Crippen LogP contribution in [-0.2, 0) is 13.5 Å². The summed E-state index contributed by atoms with van der Waals surface area (Å²) < 4.78 is 6.95. The van der Waals surface area contributed by atoms with Crippen molar-refractivity contribution in [2.45, 2.75) is 40.0 Å². The van der Waals surface area contributed by atoms with Crippen LogP contribution in [-0.4, -0.2) is 19.7 Å². The Hall–Kier alpha value is -3.48. The zero-order valence-electron chi connectivity index (χ0n) is 17.9. The molecule has 0 aliphatic heterocycles. The van der Waals surface area contributed by atoms with Crippen LogP contribution in [0.1, 0.15) is 43.8 Å². The Morgan fingerprint density at radius 3 is 2.67 bits per heavy atom. The Morgan fingerprint density at radius 2 is 1.97 bits per heavy atom. The molecule has 0 saturated carbocycles. The molecule has 154 valence electrons. The van der Waals surface area contributed by atoms with Gasteiger partial charge in [-0.3, -0.25) is 9.78 Å². The SMILES string of the molecule is CCc1cc2c(cn1)cc(-c1cc(Nc3noc(C(C)C)n3)ccc1C)c(=O)n2C. The van der Waals surface area contributed by atoms with E-state index in [1.165, 1.54) is 0 Å². The van der Waals surface area contributed by atoms with Gasteiger partial charge in [0.25, 0.3) is 11.5 Å². The summed E-state index contributed by atoms with van der Waals surface area (Å²) in [5.41, 5.74) is 5.09. The van der Waals surface area contributed by atoms with Gasteiger partial charge in [-0.15, -0.1) is 0 Å². The fourth-order valence-corrected chi connectivity index (χ4v) is 3.43. The van der Waals surface area contributed by atoms with Crippen molar-refractivity contribution in [3.63, 3.8) is 0 Å². The third-order valence-corrected chi connectivity index (χ3v) is 5.25. The van der Waals surface area contributed by atoms with E-state index >= 15 is 0 Å². The van der Waals surface area contributed by atoms with Crippen LogP contribution in [0, 0.1) is 6.92 Å². The summed E-state index contributed by atoms with van der Waals surface area (Å²) in [6.45, 7) is 8.03. The molecule has 3 heterocycles. The molecule has 7 nitrogen and oxygen atoms in total. The normalized spacial score (nSPS) is 11.4. The maximum Gasteiger partial charge on any atom is 0.267 e. The highest BCUT2D eigenvalue weighted by molar-refractivity contribution is 5.85. The van der Waals surface area contributed by atoms with Crippen LogP contribution in [0.2, 0.25) is 0 Å². The van der Waals surface area contributed by atoms with Crippen molar-refractivity contribution in [2.75, 3.05) is 5.32 Å². The van der Waals surface area contributed by atoms with E-state index in [-0.39, 0.29) is 11.5 Å². The third-order valence-electron chi connectivity index (χ3n) is 5.25. The molecular weight excluding hydrogens is 378 g/mol. The molecule has 0 unspecified atom stereocenters. The van der Waals surface area contributed by atoms with E-state index in [1.807, 2.05) is 57.3 Å². The van der Waals surface area contributed by atoms with Gasteiger partial charge in [-0.25, -0.2) is 0 Å². The maximum atomic E-state index is 13.2. The van der Waals surface area contributed by atoms with Gasteiger partial charge in [-0.2, -0.15) is 4.98 Å². The van der Waals surface area contributed by atoms with E-state index in [0.717, 1.165) is 39.8 Å². The molecule has 0 atom stereocenters. The number of pyridine rings is 2. The summed E-state index contributed by atoms with van der Waals surface area (Å²) >= 11 is 0. The van der Waals surface area contributed by atoms with Gasteiger partial charge >= 0.3 is 0 Å². The monoisotopic (exact) mass is 403 g/mol. The molecule has 1 N–H and O–H groups in total. The summed E-state index contributed by atoms with van der Waals surface area (Å²) in [5, 5.41) is 8.07. The van der Waals surface area contributed by atoms with Crippen LogP contribution in [0.25, 0.3) is 22.0 Å². The molecule has 30 heavy (non-hydrogen) atoms. The standard InChI is InChI=1S/C23H25N5O2/c1-6-16-11-20-15(12-24-16)9-19(22(29)28(20)5)18-10-17(8-7-14(18)4)25-23-26-21(13(2)3)30-27-23/h7-13H,6H2,1-5H3,(H,25,27). The Labute approximate surface area is 174 Å². The molecule has 0 bridgehead atoms. The third kappa shape index (κ3) is 3.58. The second kappa shape index (κ2) is 7.74. The number of hydrogen-bond acceptors (Lipinski definition) is 6. The van der Waals surface area contributed by atoms with Crippen molar-refractivity contribution in [1.29, 1.82) is 0 Å². The van der Waals surface area contributed by atoms with Crippen LogP contribution >= 0.6 is 0 Å². The number of hydrogen-bond donors (Lipinski definition) is 1. The molecule has 0 spiro atoms. The van der Waals surface area contributed by atoms with Gasteiger partial charge in [0.1, 0.15) is 0 Å². The summed E-state index contributed by atoms with van der Waals surface area (Å²) in [6.07, 6.45) is 2.66. The molecule has 3 aromatic heterocycles. The summed E-state index contributed by atoms with van der Waals surface area (Å²) in [5.74, 6) is 1.13. The van der Waals surface area contributed by atoms with Gasteiger partial charge in [0.05, 0.1) is 5.52 Å². The second-order valence-electron chi connectivity index (χ2n) is 7.78. The lowest BCUT2D eigenvalue weighted by atomic mass is 9.99. The lowest BCUT2D eigenvalue weighted by molar-refractivity contribution is 0.366. The maximum absolute atomic E-state index is 13.2. The molecule has 1 aromatic carbocycles. The predicted molar refractivity (Wildman–Crippen MR) is 118 cm³/mol. The molecule has 0 aliphatic rings. The highest BCUT2D eigenvalue weighted by Gasteiger charge is 2.14. The van der Waals surface area contributed by atoms with Crippen molar-refractivity contribution >= 4 is 22.5 Å². The number of benzene rings is 1. The van der Waals surface area contributed by atoms with Crippen molar-refractivity contribution in [3.8, 4) is 11.1 Å². The van der Waals surface area contributed by atoms with E-state index in [0.29, 0.717) is 17.4 Å². The summed E-state index contributed by atoms with van der Waals surface area (Å²) in [4.78, 5) is 22.0. The number of aromatic nitrogens is 4. The van der Waals surface area contributed by atoms with Crippen LogP contribution < -0.4 is 10.9 Å². The Balaban J connectivity index is 1.78. The zero-order chi connectivity index (χ0) is 21.4. The molecule has 4 aromatic rings. The van der Waals surface area contributed by atoms with Crippen molar-refractivity contribution in [2.24, 2.45) is 7.05 Å². The lowest BCUT2D eigenvalue weighted by Gasteiger charge is -2.13. The molecule has 0 aliphatic carbocycles. The van der Waals surface area contributed by atoms with Crippen LogP contribution in [0.5, 0.6) is 0 Å². The average Bonchev–Trinajstić information content (AvgIpc) is 3.21. The summed E-state index contributed by atoms with van der Waals surface area (Å²) in [7, 11) is 1.80. The second-order valence-corrected chi connectivity index (χ2v) is 7.78. The minimum atomic E-state index is -0.0438. The molecule has 4 rings (SSSR count). The van der Waals surface area contributed by atoms with Gasteiger partial charge in [0, 0.05) is 41.5 Å². The first-order chi connectivity index (χ1) is 14.4. The Morgan fingerprint density at radius 1 is 1.17 bits per heavy atom. The number of aryl methyl sites for hydroxylation is 3.